The van der Waals surface area contributed by atoms with Gasteiger partial charge >= 0.3 is 0 Å². The van der Waals surface area contributed by atoms with Crippen LogP contribution in [-0.2, 0) is 21.5 Å². The lowest BCUT2D eigenvalue weighted by Crippen LogP contribution is -2.53. The molecule has 2 unspecified atom stereocenters. The Morgan fingerprint density at radius 3 is 2.45 bits per heavy atom. The van der Waals surface area contributed by atoms with Crippen LogP contribution in [0.3, 0.4) is 0 Å². The van der Waals surface area contributed by atoms with Crippen molar-refractivity contribution in [3.05, 3.63) is 70.3 Å². The number of hydrogen-bond acceptors (Lipinski definition) is 5. The van der Waals surface area contributed by atoms with E-state index in [-0.39, 0.29) is 42.2 Å². The number of hydrogen-bond donors (Lipinski definition) is 3. The Hall–Kier alpha value is -3.52. The average molecular weight is 450 g/mol. The summed E-state index contributed by atoms with van der Waals surface area (Å²) in [5, 5.41) is 15.7. The van der Waals surface area contributed by atoms with E-state index in [0.717, 1.165) is 10.5 Å². The number of fused-ring (bicyclic) bond motifs is 1. The molecule has 0 aliphatic carbocycles. The van der Waals surface area contributed by atoms with E-state index < -0.39 is 24.1 Å². The number of aliphatic hydroxyl groups excluding tert-OH is 1. The van der Waals surface area contributed by atoms with Crippen molar-refractivity contribution < 1.29 is 24.3 Å². The minimum absolute atomic E-state index is 0.00175. The largest absolute Gasteiger partial charge is 0.369 e. The Kier molecular flexibility index (Phi) is 5.80. The van der Waals surface area contributed by atoms with Gasteiger partial charge in [-0.1, -0.05) is 45.0 Å². The first-order chi connectivity index (χ1) is 15.6. The van der Waals surface area contributed by atoms with Gasteiger partial charge in [0.15, 0.2) is 6.23 Å². The summed E-state index contributed by atoms with van der Waals surface area (Å²) < 4.78 is 0. The van der Waals surface area contributed by atoms with Crippen LogP contribution in [0.25, 0.3) is 0 Å². The van der Waals surface area contributed by atoms with Crippen LogP contribution >= 0.6 is 0 Å². The maximum atomic E-state index is 13.0. The fourth-order valence-corrected chi connectivity index (χ4v) is 4.19. The van der Waals surface area contributed by atoms with Crippen LogP contribution in [0.2, 0.25) is 0 Å². The third-order valence-electron chi connectivity index (χ3n) is 6.14. The number of imide groups is 1. The molecule has 2 heterocycles. The molecule has 2 atom stereocenters. The van der Waals surface area contributed by atoms with Crippen LogP contribution in [0.1, 0.15) is 77.2 Å². The highest BCUT2D eigenvalue weighted by Gasteiger charge is 2.44. The fraction of sp³-hybridized carbons (Fsp3) is 0.360. The topological polar surface area (TPSA) is 116 Å². The van der Waals surface area contributed by atoms with Crippen molar-refractivity contribution in [3.63, 3.8) is 0 Å². The van der Waals surface area contributed by atoms with Gasteiger partial charge in [-0.25, -0.2) is 0 Å². The maximum Gasteiger partial charge on any atom is 0.257 e. The molecular weight excluding hydrogens is 422 g/mol. The lowest BCUT2D eigenvalue weighted by atomic mass is 9.87. The van der Waals surface area contributed by atoms with Gasteiger partial charge in [-0.3, -0.25) is 29.4 Å². The highest BCUT2D eigenvalue weighted by Crippen LogP contribution is 2.35. The highest BCUT2D eigenvalue weighted by molar-refractivity contribution is 6.05. The van der Waals surface area contributed by atoms with Gasteiger partial charge in [0.2, 0.25) is 11.8 Å². The first-order valence-corrected chi connectivity index (χ1v) is 10.9. The van der Waals surface area contributed by atoms with Crippen LogP contribution in [0.5, 0.6) is 0 Å². The van der Waals surface area contributed by atoms with Crippen molar-refractivity contribution in [2.75, 3.05) is 0 Å². The minimum Gasteiger partial charge on any atom is -0.369 e. The van der Waals surface area contributed by atoms with Gasteiger partial charge in [-0.15, -0.1) is 0 Å². The molecule has 4 rings (SSSR count). The molecule has 2 aliphatic heterocycles. The average Bonchev–Trinajstić information content (AvgIpc) is 3.01. The predicted octanol–water partition coefficient (Wildman–Crippen LogP) is 2.17. The molecule has 2 aromatic carbocycles. The number of amides is 4. The molecule has 0 spiro atoms. The number of benzene rings is 2. The first-order valence-electron chi connectivity index (χ1n) is 10.9. The second-order valence-electron chi connectivity index (χ2n) is 9.48. The molecule has 1 saturated heterocycles. The zero-order chi connectivity index (χ0) is 23.9. The van der Waals surface area contributed by atoms with Crippen LogP contribution in [0.4, 0.5) is 0 Å². The van der Waals surface area contributed by atoms with Crippen LogP contribution in [0, 0.1) is 0 Å². The normalized spacial score (nSPS) is 20.5. The van der Waals surface area contributed by atoms with Crippen molar-refractivity contribution in [2.24, 2.45) is 0 Å². The molecule has 0 aromatic heterocycles. The Bertz CT molecular complexity index is 1130. The van der Waals surface area contributed by atoms with Gasteiger partial charge in [0.25, 0.3) is 11.8 Å². The predicted molar refractivity (Wildman–Crippen MR) is 120 cm³/mol. The maximum absolute atomic E-state index is 13.0. The van der Waals surface area contributed by atoms with Gasteiger partial charge in [-0.2, -0.15) is 0 Å². The summed E-state index contributed by atoms with van der Waals surface area (Å²) in [6.45, 7) is 6.52. The van der Waals surface area contributed by atoms with Crippen LogP contribution in [-0.4, -0.2) is 39.7 Å². The molecule has 1 fully saturated rings. The van der Waals surface area contributed by atoms with E-state index in [1.807, 2.05) is 12.1 Å². The first kappa shape index (κ1) is 22.7. The summed E-state index contributed by atoms with van der Waals surface area (Å²) in [4.78, 5) is 50.3. The number of piperidine rings is 1. The second kappa shape index (κ2) is 8.44. The Morgan fingerprint density at radius 1 is 1.12 bits per heavy atom. The van der Waals surface area contributed by atoms with E-state index in [4.69, 9.17) is 0 Å². The Morgan fingerprint density at radius 2 is 1.82 bits per heavy atom. The molecule has 0 saturated carbocycles. The van der Waals surface area contributed by atoms with E-state index in [1.165, 1.54) is 0 Å². The molecule has 2 aliphatic rings. The molecule has 2 aromatic rings. The fourth-order valence-electron chi connectivity index (χ4n) is 4.19. The smallest absolute Gasteiger partial charge is 0.257 e. The Balaban J connectivity index is 1.45. The van der Waals surface area contributed by atoms with Crippen LogP contribution in [0.15, 0.2) is 42.5 Å². The molecule has 0 bridgehead atoms. The second-order valence-corrected chi connectivity index (χ2v) is 9.48. The molecule has 3 N–H and O–H groups in total. The monoisotopic (exact) mass is 449 g/mol. The summed E-state index contributed by atoms with van der Waals surface area (Å²) in [6.07, 6.45) is -0.989. The third-order valence-corrected chi connectivity index (χ3v) is 6.14. The van der Waals surface area contributed by atoms with Gasteiger partial charge in [0, 0.05) is 29.7 Å². The van der Waals surface area contributed by atoms with Crippen molar-refractivity contribution in [1.29, 1.82) is 0 Å². The van der Waals surface area contributed by atoms with E-state index in [9.17, 15) is 24.3 Å². The zero-order valence-electron chi connectivity index (χ0n) is 18.8. The summed E-state index contributed by atoms with van der Waals surface area (Å²) >= 11 is 0. The number of nitrogens with one attached hydrogen (secondary N) is 2. The zero-order valence-corrected chi connectivity index (χ0v) is 18.8. The lowest BCUT2D eigenvalue weighted by Gasteiger charge is -2.31. The number of nitrogens with zero attached hydrogens (tertiary/aromatic N) is 1. The van der Waals surface area contributed by atoms with E-state index in [1.54, 1.807) is 30.3 Å². The number of rotatable bonds is 4. The molecule has 0 radical (unpaired) electrons. The summed E-state index contributed by atoms with van der Waals surface area (Å²) in [7, 11) is 0. The minimum atomic E-state index is -1.26. The molecular formula is C25H27N3O5. The standard InChI is InChI=1S/C25H27N3O5/c1-25(2,3)16-7-5-15(6-8-16)21(30)26-13-14-4-9-17-18(12-14)24(33)28(23(17)32)19-10-11-20(29)27-22(19)31/h4-9,12,19,23,32H,10-11,13H2,1-3H3,(H,26,30)(H,27,29,31). The Labute approximate surface area is 192 Å². The third kappa shape index (κ3) is 4.39. The molecule has 33 heavy (non-hydrogen) atoms. The van der Waals surface area contributed by atoms with Crippen LogP contribution < -0.4 is 10.6 Å². The van der Waals surface area contributed by atoms with Gasteiger partial charge in [0.05, 0.1) is 0 Å². The molecule has 8 heteroatoms. The van der Waals surface area contributed by atoms with Crippen molar-refractivity contribution in [1.82, 2.24) is 15.5 Å². The molecule has 172 valence electrons. The number of carbonyl (C=O) groups is 4. The van der Waals surface area contributed by atoms with E-state index in [2.05, 4.69) is 31.4 Å². The number of aliphatic hydroxyl groups is 1. The van der Waals surface area contributed by atoms with Gasteiger partial charge in [0.1, 0.15) is 6.04 Å². The number of carbonyl (C=O) groups excluding carboxylic acids is 4. The van der Waals surface area contributed by atoms with Gasteiger partial charge in [-0.05, 0) is 41.2 Å². The van der Waals surface area contributed by atoms with E-state index in [0.29, 0.717) is 16.7 Å². The van der Waals surface area contributed by atoms with Gasteiger partial charge < -0.3 is 10.4 Å². The molecule has 8 nitrogen and oxygen atoms in total. The summed E-state index contributed by atoms with van der Waals surface area (Å²) in [6, 6.07) is 11.5. The van der Waals surface area contributed by atoms with Crippen molar-refractivity contribution >= 4 is 23.6 Å². The van der Waals surface area contributed by atoms with Crippen molar-refractivity contribution in [3.8, 4) is 0 Å². The summed E-state index contributed by atoms with van der Waals surface area (Å²) in [5.41, 5.74) is 3.05. The summed E-state index contributed by atoms with van der Waals surface area (Å²) in [5.74, 6) is -1.68. The highest BCUT2D eigenvalue weighted by atomic mass is 16.3. The van der Waals surface area contributed by atoms with Crippen molar-refractivity contribution in [2.45, 2.75) is 57.8 Å². The van der Waals surface area contributed by atoms with E-state index >= 15 is 0 Å². The molecule has 4 amide bonds. The lowest BCUT2D eigenvalue weighted by molar-refractivity contribution is -0.139. The quantitative estimate of drug-likeness (QED) is 0.619. The SMILES string of the molecule is CC(C)(C)c1ccc(C(=O)NCc2ccc3c(c2)C(=O)N(C2CCC(=O)NC2=O)C3O)cc1.